The molecule has 4 rings (SSSR count). The number of rotatable bonds is 5. The van der Waals surface area contributed by atoms with E-state index >= 15 is 0 Å². The maximum absolute atomic E-state index is 12.8. The number of nitrogens with zero attached hydrogens (tertiary/aromatic N) is 6. The zero-order chi connectivity index (χ0) is 21.8. The van der Waals surface area contributed by atoms with Crippen molar-refractivity contribution in [1.29, 1.82) is 0 Å². The molecule has 0 radical (unpaired) electrons. The first-order valence-electron chi connectivity index (χ1n) is 9.95. The Kier molecular flexibility index (Phi) is 5.87. The van der Waals surface area contributed by atoms with E-state index in [0.717, 1.165) is 11.6 Å². The first kappa shape index (κ1) is 20.5. The van der Waals surface area contributed by atoms with Crippen molar-refractivity contribution in [2.24, 2.45) is 0 Å². The SMILES string of the molecule is COc1cc(NC(=O)N2CCN(c3cc(-n4cccn4)nc(C)n3)CC2)cc(OC)c1. The lowest BCUT2D eigenvalue weighted by Gasteiger charge is -2.35. The van der Waals surface area contributed by atoms with Crippen LogP contribution in [0.15, 0.2) is 42.7 Å². The third-order valence-corrected chi connectivity index (χ3v) is 5.04. The highest BCUT2D eigenvalue weighted by Gasteiger charge is 2.23. The fourth-order valence-electron chi connectivity index (χ4n) is 3.44. The van der Waals surface area contributed by atoms with Crippen molar-refractivity contribution in [3.8, 4) is 17.3 Å². The minimum absolute atomic E-state index is 0.161. The molecule has 1 saturated heterocycles. The van der Waals surface area contributed by atoms with Crippen molar-refractivity contribution in [3.63, 3.8) is 0 Å². The van der Waals surface area contributed by atoms with Gasteiger partial charge in [0.2, 0.25) is 0 Å². The fraction of sp³-hybridized carbons (Fsp3) is 0.333. The molecule has 31 heavy (non-hydrogen) atoms. The molecular formula is C21H25N7O3. The van der Waals surface area contributed by atoms with Crippen LogP contribution in [-0.4, -0.2) is 71.1 Å². The number of ether oxygens (including phenoxy) is 2. The number of anilines is 2. The highest BCUT2D eigenvalue weighted by Crippen LogP contribution is 2.26. The van der Waals surface area contributed by atoms with Crippen molar-refractivity contribution in [3.05, 3.63) is 48.5 Å². The molecule has 0 bridgehead atoms. The van der Waals surface area contributed by atoms with Crippen LogP contribution in [0, 0.1) is 6.92 Å². The van der Waals surface area contributed by atoms with Crippen molar-refractivity contribution < 1.29 is 14.3 Å². The largest absolute Gasteiger partial charge is 0.497 e. The lowest BCUT2D eigenvalue weighted by atomic mass is 10.2. The van der Waals surface area contributed by atoms with Crippen LogP contribution in [0.5, 0.6) is 11.5 Å². The molecule has 10 heteroatoms. The Morgan fingerprint density at radius 2 is 1.65 bits per heavy atom. The van der Waals surface area contributed by atoms with E-state index in [1.54, 1.807) is 48.2 Å². The predicted octanol–water partition coefficient (Wildman–Crippen LogP) is 2.34. The molecule has 1 aromatic carbocycles. The van der Waals surface area contributed by atoms with Crippen molar-refractivity contribution in [2.45, 2.75) is 6.92 Å². The number of carbonyl (C=O) groups is 1. The van der Waals surface area contributed by atoms with Crippen LogP contribution in [0.4, 0.5) is 16.3 Å². The topological polar surface area (TPSA) is 97.6 Å². The molecule has 0 spiro atoms. The van der Waals surface area contributed by atoms with Crippen LogP contribution < -0.4 is 19.7 Å². The lowest BCUT2D eigenvalue weighted by Crippen LogP contribution is -2.50. The molecule has 1 N–H and O–H groups in total. The van der Waals surface area contributed by atoms with Gasteiger partial charge in [0.1, 0.15) is 23.1 Å². The maximum atomic E-state index is 12.8. The molecule has 10 nitrogen and oxygen atoms in total. The first-order chi connectivity index (χ1) is 15.1. The van der Waals surface area contributed by atoms with Gasteiger partial charge in [-0.25, -0.2) is 19.4 Å². The van der Waals surface area contributed by atoms with Crippen LogP contribution in [0.25, 0.3) is 5.82 Å². The number of hydrogen-bond donors (Lipinski definition) is 1. The van der Waals surface area contributed by atoms with Gasteiger partial charge in [-0.15, -0.1) is 0 Å². The summed E-state index contributed by atoms with van der Waals surface area (Å²) in [6, 6.07) is 8.89. The van der Waals surface area contributed by atoms with Gasteiger partial charge in [-0.3, -0.25) is 0 Å². The Balaban J connectivity index is 1.40. The van der Waals surface area contributed by atoms with Crippen molar-refractivity contribution in [1.82, 2.24) is 24.6 Å². The second kappa shape index (κ2) is 8.90. The number of methoxy groups -OCH3 is 2. The number of piperazine rings is 1. The number of aromatic nitrogens is 4. The number of aryl methyl sites for hydroxylation is 1. The monoisotopic (exact) mass is 423 g/mol. The first-order valence-corrected chi connectivity index (χ1v) is 9.95. The second-order valence-electron chi connectivity index (χ2n) is 7.09. The minimum Gasteiger partial charge on any atom is -0.497 e. The summed E-state index contributed by atoms with van der Waals surface area (Å²) < 4.78 is 12.2. The van der Waals surface area contributed by atoms with Gasteiger partial charge in [0.15, 0.2) is 5.82 Å². The summed E-state index contributed by atoms with van der Waals surface area (Å²) in [6.45, 7) is 4.36. The molecule has 1 aliphatic heterocycles. The van der Waals surface area contributed by atoms with Gasteiger partial charge in [-0.2, -0.15) is 5.10 Å². The van der Waals surface area contributed by atoms with Crippen LogP contribution >= 0.6 is 0 Å². The molecule has 0 atom stereocenters. The molecule has 2 aromatic heterocycles. The van der Waals surface area contributed by atoms with E-state index in [4.69, 9.17) is 9.47 Å². The van der Waals surface area contributed by atoms with Gasteiger partial charge >= 0.3 is 6.03 Å². The summed E-state index contributed by atoms with van der Waals surface area (Å²) in [4.78, 5) is 25.7. The molecule has 3 aromatic rings. The van der Waals surface area contributed by atoms with Gasteiger partial charge in [-0.05, 0) is 13.0 Å². The Hall–Kier alpha value is -3.82. The third-order valence-electron chi connectivity index (χ3n) is 5.04. The van der Waals surface area contributed by atoms with E-state index in [-0.39, 0.29) is 6.03 Å². The fourth-order valence-corrected chi connectivity index (χ4v) is 3.44. The quantitative estimate of drug-likeness (QED) is 0.673. The van der Waals surface area contributed by atoms with Crippen molar-refractivity contribution >= 4 is 17.5 Å². The summed E-state index contributed by atoms with van der Waals surface area (Å²) in [7, 11) is 3.15. The Morgan fingerprint density at radius 1 is 0.968 bits per heavy atom. The summed E-state index contributed by atoms with van der Waals surface area (Å²) in [5.74, 6) is 3.46. The van der Waals surface area contributed by atoms with Crippen LogP contribution in [0.3, 0.4) is 0 Å². The van der Waals surface area contributed by atoms with Crippen LogP contribution in [0.2, 0.25) is 0 Å². The predicted molar refractivity (Wildman–Crippen MR) is 116 cm³/mol. The Labute approximate surface area is 180 Å². The molecule has 0 unspecified atom stereocenters. The van der Waals surface area contributed by atoms with E-state index in [1.807, 2.05) is 25.3 Å². The summed E-state index contributed by atoms with van der Waals surface area (Å²) in [6.07, 6.45) is 3.56. The van der Waals surface area contributed by atoms with E-state index < -0.39 is 0 Å². The van der Waals surface area contributed by atoms with Gasteiger partial charge in [0.25, 0.3) is 0 Å². The van der Waals surface area contributed by atoms with Gasteiger partial charge < -0.3 is 24.6 Å². The normalized spacial score (nSPS) is 13.8. The molecule has 0 saturated carbocycles. The molecule has 162 valence electrons. The minimum atomic E-state index is -0.161. The molecule has 1 fully saturated rings. The van der Waals surface area contributed by atoms with E-state index in [9.17, 15) is 4.79 Å². The number of hydrogen-bond acceptors (Lipinski definition) is 7. The highest BCUT2D eigenvalue weighted by atomic mass is 16.5. The summed E-state index contributed by atoms with van der Waals surface area (Å²) >= 11 is 0. The van der Waals surface area contributed by atoms with E-state index in [1.165, 1.54) is 0 Å². The summed E-state index contributed by atoms with van der Waals surface area (Å²) in [5, 5.41) is 7.17. The smallest absolute Gasteiger partial charge is 0.321 e. The standard InChI is InChI=1S/C21H25N7O3/c1-15-23-19(14-20(24-15)28-6-4-5-22-28)26-7-9-27(10-8-26)21(29)25-16-11-17(30-2)13-18(12-16)31-3/h4-6,11-14H,7-10H2,1-3H3,(H,25,29). The van der Waals surface area contributed by atoms with Crippen LogP contribution in [-0.2, 0) is 0 Å². The van der Waals surface area contributed by atoms with Crippen molar-refractivity contribution in [2.75, 3.05) is 50.6 Å². The van der Waals surface area contributed by atoms with Gasteiger partial charge in [0, 0.05) is 68.5 Å². The Morgan fingerprint density at radius 3 is 2.26 bits per heavy atom. The number of carbonyl (C=O) groups excluding carboxylic acids is 1. The zero-order valence-electron chi connectivity index (χ0n) is 17.8. The highest BCUT2D eigenvalue weighted by molar-refractivity contribution is 5.90. The Bertz CT molecular complexity index is 1020. The van der Waals surface area contributed by atoms with Gasteiger partial charge in [0.05, 0.1) is 14.2 Å². The molecule has 0 aliphatic carbocycles. The number of nitrogens with one attached hydrogen (secondary N) is 1. The molecule has 3 heterocycles. The van der Waals surface area contributed by atoms with Crippen LogP contribution in [0.1, 0.15) is 5.82 Å². The lowest BCUT2D eigenvalue weighted by molar-refractivity contribution is 0.208. The van der Waals surface area contributed by atoms with E-state index in [0.29, 0.717) is 49.2 Å². The number of urea groups is 1. The second-order valence-corrected chi connectivity index (χ2v) is 7.09. The van der Waals surface area contributed by atoms with E-state index in [2.05, 4.69) is 25.3 Å². The molecular weight excluding hydrogens is 398 g/mol. The molecule has 2 amide bonds. The third kappa shape index (κ3) is 4.68. The number of amides is 2. The molecule has 1 aliphatic rings. The number of benzene rings is 1. The van der Waals surface area contributed by atoms with Gasteiger partial charge in [-0.1, -0.05) is 0 Å². The average molecular weight is 423 g/mol. The maximum Gasteiger partial charge on any atom is 0.321 e. The summed E-state index contributed by atoms with van der Waals surface area (Å²) in [5.41, 5.74) is 0.624. The zero-order valence-corrected chi connectivity index (χ0v) is 17.8. The average Bonchev–Trinajstić information content (AvgIpc) is 3.33.